The lowest BCUT2D eigenvalue weighted by atomic mass is 9.99. The lowest BCUT2D eigenvalue weighted by molar-refractivity contribution is 0.579. The molecule has 0 saturated carbocycles. The summed E-state index contributed by atoms with van der Waals surface area (Å²) in [6.45, 7) is 1.85. The topological polar surface area (TPSA) is 43.1 Å². The van der Waals surface area contributed by atoms with Crippen molar-refractivity contribution in [3.63, 3.8) is 0 Å². The normalized spacial score (nSPS) is 13.1. The fraction of sp³-hybridized carbons (Fsp3) is 0.118. The Balaban J connectivity index is 2.08. The van der Waals surface area contributed by atoms with E-state index in [0.717, 1.165) is 0 Å². The van der Waals surface area contributed by atoms with Gasteiger partial charge in [-0.15, -0.1) is 0 Å². The van der Waals surface area contributed by atoms with Crippen molar-refractivity contribution in [3.8, 4) is 5.69 Å². The zero-order chi connectivity index (χ0) is 17.7. The molecule has 0 spiro atoms. The van der Waals surface area contributed by atoms with Crippen LogP contribution >= 0.6 is 23.2 Å². The zero-order valence-electron chi connectivity index (χ0n) is 12.9. The molecule has 0 unspecified atom stereocenters. The van der Waals surface area contributed by atoms with E-state index in [1.54, 1.807) is 23.7 Å². The molecule has 0 bridgehead atoms. The van der Waals surface area contributed by atoms with Gasteiger partial charge in [0, 0.05) is 5.56 Å². The minimum Gasteiger partial charge on any atom is -0.276 e. The van der Waals surface area contributed by atoms with Gasteiger partial charge in [0.25, 0.3) is 0 Å². The first kappa shape index (κ1) is 16.2. The second kappa shape index (κ2) is 5.89. The maximum Gasteiger partial charge on any atom is 0.154 e. The van der Waals surface area contributed by atoms with Gasteiger partial charge in [0.2, 0.25) is 0 Å². The standard InChI is InChI=1S/C17H10Cl2F2N4/c1-8-23-13-7-22-17(14-10(20)3-2-4-11(14)21)15-12(25(13)24-8)6-5-9(18)16(15)19/h2-6H,7H2,1H3. The SMILES string of the molecule is Cc1nc2n(n1)-c1ccc(Cl)c(Cl)c1C(c1c(F)cccc1F)=NC2. The molecule has 0 radical (unpaired) electrons. The molecule has 1 aliphatic heterocycles. The Morgan fingerprint density at radius 2 is 1.76 bits per heavy atom. The van der Waals surface area contributed by atoms with Crippen LogP contribution in [0.4, 0.5) is 8.78 Å². The van der Waals surface area contributed by atoms with Gasteiger partial charge in [-0.05, 0) is 31.2 Å². The summed E-state index contributed by atoms with van der Waals surface area (Å²) in [7, 11) is 0. The van der Waals surface area contributed by atoms with E-state index in [4.69, 9.17) is 23.2 Å². The van der Waals surface area contributed by atoms with E-state index in [-0.39, 0.29) is 27.9 Å². The van der Waals surface area contributed by atoms with Crippen LogP contribution < -0.4 is 0 Å². The van der Waals surface area contributed by atoms with Gasteiger partial charge in [0.05, 0.1) is 33.6 Å². The number of fused-ring (bicyclic) bond motifs is 3. The van der Waals surface area contributed by atoms with E-state index in [1.807, 2.05) is 0 Å². The Morgan fingerprint density at radius 1 is 1.04 bits per heavy atom. The van der Waals surface area contributed by atoms with Crippen molar-refractivity contribution >= 4 is 28.9 Å². The molecule has 3 aromatic rings. The summed E-state index contributed by atoms with van der Waals surface area (Å²) in [6.07, 6.45) is 0. The highest BCUT2D eigenvalue weighted by Gasteiger charge is 2.27. The number of aliphatic imine (C=N–C) groups is 1. The lowest BCUT2D eigenvalue weighted by Crippen LogP contribution is -2.12. The molecule has 0 N–H and O–H groups in total. The first-order chi connectivity index (χ1) is 12.0. The van der Waals surface area contributed by atoms with Crippen molar-refractivity contribution in [3.05, 3.63) is 74.8 Å². The highest BCUT2D eigenvalue weighted by molar-refractivity contribution is 6.45. The number of hydrogen-bond acceptors (Lipinski definition) is 3. The second-order valence-corrected chi connectivity index (χ2v) is 6.29. The Morgan fingerprint density at radius 3 is 2.48 bits per heavy atom. The van der Waals surface area contributed by atoms with Crippen LogP contribution in [-0.4, -0.2) is 20.5 Å². The third-order valence-corrected chi connectivity index (χ3v) is 4.70. The monoisotopic (exact) mass is 378 g/mol. The molecule has 0 fully saturated rings. The van der Waals surface area contributed by atoms with E-state index in [9.17, 15) is 8.78 Å². The quantitative estimate of drug-likeness (QED) is 0.624. The number of aromatic nitrogens is 3. The van der Waals surface area contributed by atoms with Crippen LogP contribution in [0.5, 0.6) is 0 Å². The van der Waals surface area contributed by atoms with Crippen molar-refractivity contribution in [1.82, 2.24) is 14.8 Å². The van der Waals surface area contributed by atoms with Gasteiger partial charge in [0.1, 0.15) is 17.5 Å². The van der Waals surface area contributed by atoms with E-state index >= 15 is 0 Å². The summed E-state index contributed by atoms with van der Waals surface area (Å²) in [4.78, 5) is 8.70. The Bertz CT molecular complexity index is 1020. The number of rotatable bonds is 1. The molecule has 126 valence electrons. The summed E-state index contributed by atoms with van der Waals surface area (Å²) in [5.41, 5.74) is 0.671. The van der Waals surface area contributed by atoms with E-state index in [0.29, 0.717) is 22.9 Å². The number of halogens is 4. The maximum absolute atomic E-state index is 14.4. The Kier molecular flexibility index (Phi) is 3.81. The average molecular weight is 379 g/mol. The predicted molar refractivity (Wildman–Crippen MR) is 91.8 cm³/mol. The lowest BCUT2D eigenvalue weighted by Gasteiger charge is -2.14. The molecule has 1 aromatic heterocycles. The molecule has 8 heteroatoms. The smallest absolute Gasteiger partial charge is 0.154 e. The molecule has 0 saturated heterocycles. The summed E-state index contributed by atoms with van der Waals surface area (Å²) in [6, 6.07) is 6.92. The van der Waals surface area contributed by atoms with Crippen LogP contribution in [0.15, 0.2) is 35.3 Å². The minimum absolute atomic E-state index is 0.0862. The Labute approximate surface area is 151 Å². The van der Waals surface area contributed by atoms with Crippen LogP contribution in [0.3, 0.4) is 0 Å². The molecule has 2 heterocycles. The van der Waals surface area contributed by atoms with Crippen molar-refractivity contribution in [1.29, 1.82) is 0 Å². The fourth-order valence-corrected chi connectivity index (χ4v) is 3.26. The first-order valence-corrected chi connectivity index (χ1v) is 8.13. The largest absolute Gasteiger partial charge is 0.276 e. The van der Waals surface area contributed by atoms with E-state index in [1.165, 1.54) is 18.2 Å². The van der Waals surface area contributed by atoms with Gasteiger partial charge in [-0.1, -0.05) is 29.3 Å². The fourth-order valence-electron chi connectivity index (χ4n) is 2.85. The van der Waals surface area contributed by atoms with Crippen LogP contribution in [0.25, 0.3) is 5.69 Å². The third-order valence-electron chi connectivity index (χ3n) is 3.90. The molecule has 0 aliphatic carbocycles. The van der Waals surface area contributed by atoms with Gasteiger partial charge in [-0.3, -0.25) is 4.99 Å². The van der Waals surface area contributed by atoms with E-state index in [2.05, 4.69) is 15.1 Å². The predicted octanol–water partition coefficient (Wildman–Crippen LogP) is 4.51. The minimum atomic E-state index is -0.732. The van der Waals surface area contributed by atoms with Gasteiger partial charge in [0.15, 0.2) is 5.82 Å². The molecule has 0 atom stereocenters. The van der Waals surface area contributed by atoms with Gasteiger partial charge in [-0.25, -0.2) is 18.4 Å². The highest BCUT2D eigenvalue weighted by Crippen LogP contribution is 2.35. The number of hydrogen-bond donors (Lipinski definition) is 0. The number of aryl methyl sites for hydroxylation is 1. The number of nitrogens with zero attached hydrogens (tertiary/aromatic N) is 4. The summed E-state index contributed by atoms with van der Waals surface area (Å²) >= 11 is 12.5. The van der Waals surface area contributed by atoms with Crippen LogP contribution in [-0.2, 0) is 6.54 Å². The average Bonchev–Trinajstić information content (AvgIpc) is 2.87. The molecule has 4 nitrogen and oxygen atoms in total. The van der Waals surface area contributed by atoms with Crippen LogP contribution in [0, 0.1) is 18.6 Å². The van der Waals surface area contributed by atoms with Gasteiger partial charge < -0.3 is 0 Å². The molecular weight excluding hydrogens is 369 g/mol. The maximum atomic E-state index is 14.4. The molecule has 4 rings (SSSR count). The number of benzene rings is 2. The second-order valence-electron chi connectivity index (χ2n) is 5.50. The van der Waals surface area contributed by atoms with Gasteiger partial charge in [-0.2, -0.15) is 5.10 Å². The van der Waals surface area contributed by atoms with Crippen LogP contribution in [0.1, 0.15) is 22.8 Å². The molecule has 0 amide bonds. The van der Waals surface area contributed by atoms with Crippen molar-refractivity contribution in [2.24, 2.45) is 4.99 Å². The third kappa shape index (κ3) is 2.53. The van der Waals surface area contributed by atoms with Crippen LogP contribution in [0.2, 0.25) is 10.0 Å². The molecule has 25 heavy (non-hydrogen) atoms. The first-order valence-electron chi connectivity index (χ1n) is 7.37. The molecule has 2 aromatic carbocycles. The summed E-state index contributed by atoms with van der Waals surface area (Å²) in [5.74, 6) is -0.361. The summed E-state index contributed by atoms with van der Waals surface area (Å²) in [5, 5.41) is 4.75. The Hall–Kier alpha value is -2.31. The summed E-state index contributed by atoms with van der Waals surface area (Å²) < 4.78 is 30.3. The molecular formula is C17H10Cl2F2N4. The van der Waals surface area contributed by atoms with Crippen molar-refractivity contribution < 1.29 is 8.78 Å². The zero-order valence-corrected chi connectivity index (χ0v) is 14.4. The van der Waals surface area contributed by atoms with Gasteiger partial charge >= 0.3 is 0 Å². The highest BCUT2D eigenvalue weighted by atomic mass is 35.5. The van der Waals surface area contributed by atoms with Crippen molar-refractivity contribution in [2.75, 3.05) is 0 Å². The van der Waals surface area contributed by atoms with E-state index < -0.39 is 11.6 Å². The molecule has 1 aliphatic rings. The van der Waals surface area contributed by atoms with Crippen molar-refractivity contribution in [2.45, 2.75) is 13.5 Å².